The summed E-state index contributed by atoms with van der Waals surface area (Å²) in [7, 11) is 1.88. The van der Waals surface area contributed by atoms with E-state index in [0.717, 1.165) is 16.6 Å². The van der Waals surface area contributed by atoms with Crippen molar-refractivity contribution in [1.29, 1.82) is 0 Å². The van der Waals surface area contributed by atoms with Gasteiger partial charge in [0.05, 0.1) is 12.2 Å². The first-order valence-electron chi connectivity index (χ1n) is 9.85. The number of aliphatic imine (C=N–C) groups is 1. The number of hydrogen-bond acceptors (Lipinski definition) is 6. The van der Waals surface area contributed by atoms with E-state index in [1.165, 1.54) is 18.2 Å². The highest BCUT2D eigenvalue weighted by atomic mass is 19.1. The molecule has 2 heterocycles. The summed E-state index contributed by atoms with van der Waals surface area (Å²) in [6, 6.07) is 14.5. The number of hydrogen-bond donors (Lipinski definition) is 1. The van der Waals surface area contributed by atoms with Crippen LogP contribution in [0.5, 0.6) is 0 Å². The van der Waals surface area contributed by atoms with Crippen molar-refractivity contribution in [2.24, 2.45) is 4.99 Å². The number of rotatable bonds is 4. The Balaban J connectivity index is 1.44. The molecule has 160 valence electrons. The molecule has 5 rings (SSSR count). The second-order valence-electron chi connectivity index (χ2n) is 7.34. The second kappa shape index (κ2) is 7.80. The topological polar surface area (TPSA) is 88.3 Å². The Bertz CT molecular complexity index is 1380. The molecule has 0 atom stereocenters. The largest absolute Gasteiger partial charge is 0.358 e. The molecule has 0 bridgehead atoms. The van der Waals surface area contributed by atoms with Gasteiger partial charge in [0.25, 0.3) is 5.91 Å². The van der Waals surface area contributed by atoms with Gasteiger partial charge >= 0.3 is 0 Å². The summed E-state index contributed by atoms with van der Waals surface area (Å²) in [6.45, 7) is 1.42. The van der Waals surface area contributed by atoms with Crippen LogP contribution in [0.3, 0.4) is 0 Å². The minimum Gasteiger partial charge on any atom is -0.358 e. The predicted molar refractivity (Wildman–Crippen MR) is 115 cm³/mol. The lowest BCUT2D eigenvalue weighted by molar-refractivity contribution is 0.101. The van der Waals surface area contributed by atoms with Crippen molar-refractivity contribution in [2.75, 3.05) is 25.5 Å². The zero-order valence-electron chi connectivity index (χ0n) is 17.0. The SMILES string of the molecule is CN1CCN=C1c1ccc(NC(=O)c2nnnn2-c2cc3ccccc3cc2F)c(F)c1. The van der Waals surface area contributed by atoms with Crippen molar-refractivity contribution in [1.82, 2.24) is 25.1 Å². The number of amidine groups is 1. The first kappa shape index (κ1) is 19.7. The van der Waals surface area contributed by atoms with Gasteiger partial charge in [0.2, 0.25) is 5.82 Å². The van der Waals surface area contributed by atoms with E-state index in [2.05, 4.69) is 25.8 Å². The Morgan fingerprint density at radius 2 is 1.81 bits per heavy atom. The minimum absolute atomic E-state index is 0.0111. The number of likely N-dealkylation sites (N-methyl/N-ethyl adjacent to an activating group) is 1. The van der Waals surface area contributed by atoms with E-state index in [1.807, 2.05) is 24.1 Å². The monoisotopic (exact) mass is 433 g/mol. The fourth-order valence-electron chi connectivity index (χ4n) is 3.63. The number of tetrazole rings is 1. The Morgan fingerprint density at radius 1 is 1.03 bits per heavy atom. The number of aromatic nitrogens is 4. The van der Waals surface area contributed by atoms with Crippen molar-refractivity contribution >= 4 is 28.2 Å². The van der Waals surface area contributed by atoms with Gasteiger partial charge in [-0.15, -0.1) is 5.10 Å². The number of anilines is 1. The standard InChI is InChI=1S/C22H17F2N7O/c1-30-9-8-25-20(30)15-6-7-18(16(23)11-15)26-22(32)21-27-28-29-31(21)19-12-14-5-3-2-4-13(14)10-17(19)24/h2-7,10-12H,8-9H2,1H3,(H,26,32). The van der Waals surface area contributed by atoms with Crippen molar-refractivity contribution in [3.05, 3.63) is 77.6 Å². The molecule has 4 aromatic rings. The molecule has 0 spiro atoms. The van der Waals surface area contributed by atoms with Crippen LogP contribution in [-0.4, -0.2) is 57.0 Å². The first-order valence-corrected chi connectivity index (χ1v) is 9.85. The molecule has 0 radical (unpaired) electrons. The van der Waals surface area contributed by atoms with Gasteiger partial charge in [-0.1, -0.05) is 24.3 Å². The molecular weight excluding hydrogens is 416 g/mol. The molecule has 0 fully saturated rings. The van der Waals surface area contributed by atoms with E-state index >= 15 is 0 Å². The van der Waals surface area contributed by atoms with Crippen LogP contribution in [0.15, 0.2) is 59.6 Å². The van der Waals surface area contributed by atoms with E-state index in [0.29, 0.717) is 23.3 Å². The highest BCUT2D eigenvalue weighted by Crippen LogP contribution is 2.23. The highest BCUT2D eigenvalue weighted by molar-refractivity contribution is 6.03. The number of fused-ring (bicyclic) bond motifs is 1. The van der Waals surface area contributed by atoms with Gasteiger partial charge in [-0.3, -0.25) is 9.79 Å². The fourth-order valence-corrected chi connectivity index (χ4v) is 3.63. The van der Waals surface area contributed by atoms with E-state index in [1.54, 1.807) is 24.3 Å². The van der Waals surface area contributed by atoms with E-state index in [-0.39, 0.29) is 17.2 Å². The lowest BCUT2D eigenvalue weighted by Gasteiger charge is -2.14. The summed E-state index contributed by atoms with van der Waals surface area (Å²) >= 11 is 0. The first-order chi connectivity index (χ1) is 15.5. The van der Waals surface area contributed by atoms with Crippen molar-refractivity contribution in [3.8, 4) is 5.69 Å². The second-order valence-corrected chi connectivity index (χ2v) is 7.34. The Morgan fingerprint density at radius 3 is 2.53 bits per heavy atom. The number of carbonyl (C=O) groups is 1. The molecule has 1 aliphatic heterocycles. The molecule has 1 aromatic heterocycles. The Hall–Kier alpha value is -4.21. The van der Waals surface area contributed by atoms with Gasteiger partial charge in [-0.2, -0.15) is 4.68 Å². The lowest BCUT2D eigenvalue weighted by Crippen LogP contribution is -2.24. The van der Waals surface area contributed by atoms with Crippen molar-refractivity contribution in [2.45, 2.75) is 0 Å². The van der Waals surface area contributed by atoms with Gasteiger partial charge in [0, 0.05) is 19.2 Å². The molecule has 0 unspecified atom stereocenters. The third-order valence-electron chi connectivity index (χ3n) is 5.25. The van der Waals surface area contributed by atoms with Crippen LogP contribution in [0.1, 0.15) is 16.2 Å². The summed E-state index contributed by atoms with van der Waals surface area (Å²) < 4.78 is 30.4. The highest BCUT2D eigenvalue weighted by Gasteiger charge is 2.22. The lowest BCUT2D eigenvalue weighted by atomic mass is 10.1. The average molecular weight is 433 g/mol. The average Bonchev–Trinajstić information content (AvgIpc) is 3.44. The van der Waals surface area contributed by atoms with Gasteiger partial charge in [0.15, 0.2) is 0 Å². The maximum absolute atomic E-state index is 14.7. The van der Waals surface area contributed by atoms with Crippen molar-refractivity contribution < 1.29 is 13.6 Å². The van der Waals surface area contributed by atoms with Gasteiger partial charge in [0.1, 0.15) is 23.2 Å². The number of halogens is 2. The van der Waals surface area contributed by atoms with Crippen LogP contribution in [0.4, 0.5) is 14.5 Å². The summed E-state index contributed by atoms with van der Waals surface area (Å²) in [6.07, 6.45) is 0. The predicted octanol–water partition coefficient (Wildman–Crippen LogP) is 3.04. The van der Waals surface area contributed by atoms with E-state index in [9.17, 15) is 13.6 Å². The van der Waals surface area contributed by atoms with Crippen molar-refractivity contribution in [3.63, 3.8) is 0 Å². The van der Waals surface area contributed by atoms with E-state index < -0.39 is 17.5 Å². The quantitative estimate of drug-likeness (QED) is 0.535. The number of carbonyl (C=O) groups excluding carboxylic acids is 1. The van der Waals surface area contributed by atoms with Gasteiger partial charge in [-0.25, -0.2) is 8.78 Å². The summed E-state index contributed by atoms with van der Waals surface area (Å²) in [5.74, 6) is -1.58. The van der Waals surface area contributed by atoms with Gasteiger partial charge < -0.3 is 10.2 Å². The Labute approximate surface area is 181 Å². The third-order valence-corrected chi connectivity index (χ3v) is 5.25. The smallest absolute Gasteiger partial charge is 0.295 e. The number of nitrogens with zero attached hydrogens (tertiary/aromatic N) is 6. The molecule has 1 N–H and O–H groups in total. The van der Waals surface area contributed by atoms with Crippen LogP contribution in [0, 0.1) is 11.6 Å². The summed E-state index contributed by atoms with van der Waals surface area (Å²) in [5, 5.41) is 14.9. The molecule has 32 heavy (non-hydrogen) atoms. The van der Waals surface area contributed by atoms with Crippen LogP contribution in [0.2, 0.25) is 0 Å². The van der Waals surface area contributed by atoms with Crippen LogP contribution >= 0.6 is 0 Å². The molecule has 0 saturated heterocycles. The van der Waals surface area contributed by atoms with E-state index in [4.69, 9.17) is 0 Å². The number of amides is 1. The maximum Gasteiger partial charge on any atom is 0.295 e. The molecule has 1 aliphatic rings. The van der Waals surface area contributed by atoms with Crippen LogP contribution < -0.4 is 5.32 Å². The zero-order chi connectivity index (χ0) is 22.2. The zero-order valence-corrected chi connectivity index (χ0v) is 17.0. The Kier molecular flexibility index (Phi) is 4.81. The normalized spacial score (nSPS) is 13.5. The third kappa shape index (κ3) is 3.45. The van der Waals surface area contributed by atoms with Crippen LogP contribution in [-0.2, 0) is 0 Å². The van der Waals surface area contributed by atoms with Crippen LogP contribution in [0.25, 0.3) is 16.5 Å². The minimum atomic E-state index is -0.774. The molecule has 1 amide bonds. The fraction of sp³-hybridized carbons (Fsp3) is 0.136. The molecule has 3 aromatic carbocycles. The summed E-state index contributed by atoms with van der Waals surface area (Å²) in [4.78, 5) is 19.1. The summed E-state index contributed by atoms with van der Waals surface area (Å²) in [5.41, 5.74) is 0.578. The number of nitrogens with one attached hydrogen (secondary N) is 1. The molecule has 10 heteroatoms. The molecule has 0 aliphatic carbocycles. The maximum atomic E-state index is 14.7. The molecule has 0 saturated carbocycles. The number of benzene rings is 3. The molecular formula is C22H17F2N7O. The molecule has 8 nitrogen and oxygen atoms in total. The van der Waals surface area contributed by atoms with Gasteiger partial charge in [-0.05, 0) is 51.5 Å².